The van der Waals surface area contributed by atoms with Gasteiger partial charge in [0.15, 0.2) is 16.6 Å². The van der Waals surface area contributed by atoms with Crippen LogP contribution < -0.4 is 18.9 Å². The van der Waals surface area contributed by atoms with Gasteiger partial charge < -0.3 is 24.1 Å². The second kappa shape index (κ2) is 10.6. The van der Waals surface area contributed by atoms with E-state index in [0.29, 0.717) is 24.7 Å². The van der Waals surface area contributed by atoms with Crippen LogP contribution in [0.3, 0.4) is 0 Å². The van der Waals surface area contributed by atoms with Gasteiger partial charge in [0.1, 0.15) is 10.8 Å². The summed E-state index contributed by atoms with van der Waals surface area (Å²) >= 11 is 1.57. The maximum absolute atomic E-state index is 11.0. The number of carbonyl (C=O) groups is 1. The lowest BCUT2D eigenvalue weighted by Gasteiger charge is -2.13. The molecule has 3 aromatic rings. The van der Waals surface area contributed by atoms with E-state index >= 15 is 0 Å². The first-order valence-corrected chi connectivity index (χ1v) is 12.8. The smallest absolute Gasteiger partial charge is 0.303 e. The number of aromatic nitrogens is 1. The summed E-state index contributed by atoms with van der Waals surface area (Å²) < 4.78 is 23.2. The van der Waals surface area contributed by atoms with Crippen molar-refractivity contribution in [3.8, 4) is 32.9 Å². The molecule has 0 fully saturated rings. The molecule has 8 heteroatoms. The molecule has 1 atom stereocenters. The van der Waals surface area contributed by atoms with Crippen LogP contribution in [-0.4, -0.2) is 43.0 Å². The number of hydrogen-bond acceptors (Lipinski definition) is 7. The van der Waals surface area contributed by atoms with E-state index < -0.39 is 5.97 Å². The Kier molecular flexibility index (Phi) is 7.08. The van der Waals surface area contributed by atoms with E-state index in [4.69, 9.17) is 29.0 Å². The third-order valence-corrected chi connectivity index (χ3v) is 7.47. The van der Waals surface area contributed by atoms with Gasteiger partial charge in [-0.15, -0.1) is 0 Å². The van der Waals surface area contributed by atoms with Gasteiger partial charge in [0.05, 0.1) is 39.0 Å². The summed E-state index contributed by atoms with van der Waals surface area (Å²) in [6.45, 7) is 1.79. The number of hydrogen-bond donors (Lipinski definition) is 1. The highest BCUT2D eigenvalue weighted by Gasteiger charge is 2.25. The molecule has 0 saturated heterocycles. The average Bonchev–Trinajstić information content (AvgIpc) is 3.47. The highest BCUT2D eigenvalue weighted by Crippen LogP contribution is 2.40. The first kappa shape index (κ1) is 23.5. The second-order valence-corrected chi connectivity index (χ2v) is 9.78. The average molecular weight is 496 g/mol. The maximum atomic E-state index is 11.0. The molecule has 0 saturated carbocycles. The van der Waals surface area contributed by atoms with Gasteiger partial charge in [-0.3, -0.25) is 4.79 Å². The highest BCUT2D eigenvalue weighted by molar-refractivity contribution is 7.17. The molecule has 0 spiro atoms. The summed E-state index contributed by atoms with van der Waals surface area (Å²) in [6, 6.07) is 11.9. The molecule has 2 aliphatic rings. The van der Waals surface area contributed by atoms with Gasteiger partial charge in [-0.1, -0.05) is 17.4 Å². The number of carboxylic acids is 1. The van der Waals surface area contributed by atoms with Gasteiger partial charge in [0, 0.05) is 12.0 Å². The fraction of sp³-hybridized carbons (Fsp3) is 0.407. The molecule has 1 N–H and O–H groups in total. The molecule has 0 bridgehead atoms. The second-order valence-electron chi connectivity index (χ2n) is 8.82. The molecule has 1 aliphatic heterocycles. The molecule has 0 radical (unpaired) electrons. The number of fused-ring (bicyclic) bond motifs is 2. The SMILES string of the molecule is COc1cc(-c2nc3c(s2)OCCC3)ccc1OCCCOc1ccc2c(c1)CC[C@H]2CC(=O)O. The van der Waals surface area contributed by atoms with Crippen LogP contribution in [0.15, 0.2) is 36.4 Å². The van der Waals surface area contributed by atoms with Crippen LogP contribution in [0, 0.1) is 0 Å². The number of aliphatic carboxylic acids is 1. The zero-order valence-corrected chi connectivity index (χ0v) is 20.6. The van der Waals surface area contributed by atoms with E-state index in [-0.39, 0.29) is 12.3 Å². The minimum Gasteiger partial charge on any atom is -0.493 e. The van der Waals surface area contributed by atoms with E-state index in [0.717, 1.165) is 71.4 Å². The Morgan fingerprint density at radius 3 is 2.86 bits per heavy atom. The lowest BCUT2D eigenvalue weighted by molar-refractivity contribution is -0.137. The largest absolute Gasteiger partial charge is 0.493 e. The molecule has 35 heavy (non-hydrogen) atoms. The fourth-order valence-corrected chi connectivity index (χ4v) is 5.67. The molecule has 5 rings (SSSR count). The summed E-state index contributed by atoms with van der Waals surface area (Å²) in [6.07, 6.45) is 4.67. The topological polar surface area (TPSA) is 87.1 Å². The third kappa shape index (κ3) is 5.37. The van der Waals surface area contributed by atoms with Gasteiger partial charge in [0.25, 0.3) is 0 Å². The van der Waals surface area contributed by atoms with Crippen molar-refractivity contribution in [2.45, 2.75) is 44.4 Å². The normalized spacial score (nSPS) is 16.2. The monoisotopic (exact) mass is 495 g/mol. The number of methoxy groups -OCH3 is 1. The predicted molar refractivity (Wildman–Crippen MR) is 133 cm³/mol. The van der Waals surface area contributed by atoms with Crippen molar-refractivity contribution in [3.05, 3.63) is 53.2 Å². The molecule has 0 amide bonds. The van der Waals surface area contributed by atoms with Crippen LogP contribution in [0.5, 0.6) is 22.3 Å². The standard InChI is InChI=1S/C27H29NO6S/c1-31-24-15-19(26-28-22-4-2-11-34-27(22)35-26)7-10-23(24)33-13-3-12-32-20-8-9-21-17(14-20)5-6-18(21)16-25(29)30/h7-10,14-15,18H,2-6,11-13,16H2,1H3,(H,29,30)/t18-/m0/s1. The zero-order valence-electron chi connectivity index (χ0n) is 19.7. The zero-order chi connectivity index (χ0) is 24.2. The summed E-state index contributed by atoms with van der Waals surface area (Å²) in [5.74, 6) is 1.55. The Hall–Kier alpha value is -3.26. The maximum Gasteiger partial charge on any atom is 0.303 e. The van der Waals surface area contributed by atoms with Crippen molar-refractivity contribution < 1.29 is 28.8 Å². The van der Waals surface area contributed by atoms with Crippen LogP contribution in [0.4, 0.5) is 0 Å². The Morgan fingerprint density at radius 1 is 1.14 bits per heavy atom. The van der Waals surface area contributed by atoms with Crippen LogP contribution in [0.2, 0.25) is 0 Å². The number of thiazole rings is 1. The summed E-state index contributed by atoms with van der Waals surface area (Å²) in [5.41, 5.74) is 4.37. The number of nitrogens with zero attached hydrogens (tertiary/aromatic N) is 1. The minimum atomic E-state index is -0.744. The summed E-state index contributed by atoms with van der Waals surface area (Å²) in [5, 5.41) is 10.9. The van der Waals surface area contributed by atoms with Crippen LogP contribution in [0.1, 0.15) is 48.4 Å². The molecule has 7 nitrogen and oxygen atoms in total. The summed E-state index contributed by atoms with van der Waals surface area (Å²) in [7, 11) is 1.64. The van der Waals surface area contributed by atoms with E-state index in [1.54, 1.807) is 18.4 Å². The lowest BCUT2D eigenvalue weighted by Crippen LogP contribution is -2.06. The highest BCUT2D eigenvalue weighted by atomic mass is 32.1. The Balaban J connectivity index is 1.12. The number of carboxylic acid groups (broad SMARTS) is 1. The minimum absolute atomic E-state index is 0.112. The predicted octanol–water partition coefficient (Wildman–Crippen LogP) is 5.50. The number of benzene rings is 2. The number of ether oxygens (including phenoxy) is 4. The lowest BCUT2D eigenvalue weighted by atomic mass is 9.98. The molecular weight excluding hydrogens is 466 g/mol. The van der Waals surface area contributed by atoms with Gasteiger partial charge in [-0.2, -0.15) is 0 Å². The van der Waals surface area contributed by atoms with Crippen LogP contribution >= 0.6 is 11.3 Å². The third-order valence-electron chi connectivity index (χ3n) is 6.42. The van der Waals surface area contributed by atoms with Gasteiger partial charge in [-0.05, 0) is 73.1 Å². The molecular formula is C27H29NO6S. The van der Waals surface area contributed by atoms with Crippen molar-refractivity contribution in [2.24, 2.45) is 0 Å². The van der Waals surface area contributed by atoms with E-state index in [2.05, 4.69) is 0 Å². The molecule has 1 aromatic heterocycles. The molecule has 0 unspecified atom stereocenters. The van der Waals surface area contributed by atoms with Crippen molar-refractivity contribution in [1.82, 2.24) is 4.98 Å². The number of rotatable bonds is 10. The molecule has 2 heterocycles. The summed E-state index contributed by atoms with van der Waals surface area (Å²) in [4.78, 5) is 15.8. The van der Waals surface area contributed by atoms with E-state index in [9.17, 15) is 4.79 Å². The fourth-order valence-electron chi connectivity index (χ4n) is 4.68. The molecule has 2 aromatic carbocycles. The first-order chi connectivity index (χ1) is 17.1. The van der Waals surface area contributed by atoms with E-state index in [1.165, 1.54) is 5.56 Å². The van der Waals surface area contributed by atoms with Crippen molar-refractivity contribution in [2.75, 3.05) is 26.9 Å². The van der Waals surface area contributed by atoms with Crippen LogP contribution in [-0.2, 0) is 17.6 Å². The number of aryl methyl sites for hydroxylation is 2. The Labute approximate surface area is 208 Å². The van der Waals surface area contributed by atoms with Gasteiger partial charge in [0.2, 0.25) is 0 Å². The van der Waals surface area contributed by atoms with Crippen LogP contribution in [0.25, 0.3) is 10.6 Å². The molecule has 1 aliphatic carbocycles. The Bertz CT molecular complexity index is 1180. The van der Waals surface area contributed by atoms with Crippen molar-refractivity contribution >= 4 is 17.3 Å². The van der Waals surface area contributed by atoms with E-state index in [1.807, 2.05) is 36.4 Å². The molecule has 184 valence electrons. The van der Waals surface area contributed by atoms with Gasteiger partial charge in [-0.25, -0.2) is 4.98 Å². The van der Waals surface area contributed by atoms with Gasteiger partial charge >= 0.3 is 5.97 Å². The van der Waals surface area contributed by atoms with Crippen molar-refractivity contribution in [3.63, 3.8) is 0 Å². The van der Waals surface area contributed by atoms with Crippen molar-refractivity contribution in [1.29, 1.82) is 0 Å². The first-order valence-electron chi connectivity index (χ1n) is 12.0. The Morgan fingerprint density at radius 2 is 2.03 bits per heavy atom. The quantitative estimate of drug-likeness (QED) is 0.372.